The van der Waals surface area contributed by atoms with Gasteiger partial charge in [0.1, 0.15) is 6.07 Å². The van der Waals surface area contributed by atoms with Gasteiger partial charge in [-0.05, 0) is 31.9 Å². The number of halogens is 2. The summed E-state index contributed by atoms with van der Waals surface area (Å²) in [5.74, 6) is -0.412. The molecule has 0 radical (unpaired) electrons. The van der Waals surface area contributed by atoms with Gasteiger partial charge in [0, 0.05) is 7.05 Å². The number of carbonyl (C=O) groups is 1. The highest BCUT2D eigenvalue weighted by molar-refractivity contribution is 9.26. The Hall–Kier alpha value is -0.0800. The predicted molar refractivity (Wildman–Crippen MR) is 40.3 cm³/mol. The maximum absolute atomic E-state index is 10.6. The van der Waals surface area contributed by atoms with Gasteiger partial charge in [-0.15, -0.1) is 0 Å². The van der Waals surface area contributed by atoms with Crippen molar-refractivity contribution >= 4 is 37.8 Å². The third-order valence-corrected chi connectivity index (χ3v) is 1.73. The molecule has 0 saturated heterocycles. The average molecular weight is 256 g/mol. The number of nitriles is 1. The molecule has 5 heteroatoms. The lowest BCUT2D eigenvalue weighted by atomic mass is 10.4. The zero-order valence-electron chi connectivity index (χ0n) is 4.61. The number of carbonyl (C=O) groups excluding carboxylic acids is 1. The largest absolute Gasteiger partial charge is 0.356 e. The van der Waals surface area contributed by atoms with Gasteiger partial charge in [0.15, 0.2) is 0 Å². The SMILES string of the molecule is CNC(=O)C(Br)(Br)C#N. The van der Waals surface area contributed by atoms with Crippen LogP contribution in [0.3, 0.4) is 0 Å². The summed E-state index contributed by atoms with van der Waals surface area (Å²) in [5, 5.41) is 10.6. The number of hydrogen-bond acceptors (Lipinski definition) is 2. The van der Waals surface area contributed by atoms with Gasteiger partial charge in [-0.2, -0.15) is 5.26 Å². The Bertz CT molecular complexity index is 160. The van der Waals surface area contributed by atoms with Crippen molar-refractivity contribution in [2.45, 2.75) is 3.23 Å². The number of rotatable bonds is 1. The summed E-state index contributed by atoms with van der Waals surface area (Å²) >= 11 is 5.70. The van der Waals surface area contributed by atoms with Crippen LogP contribution in [0.4, 0.5) is 0 Å². The summed E-state index contributed by atoms with van der Waals surface area (Å²) in [6.07, 6.45) is 0. The van der Waals surface area contributed by atoms with Crippen molar-refractivity contribution in [3.8, 4) is 6.07 Å². The molecule has 50 valence electrons. The standard InChI is InChI=1S/C4H4Br2N2O/c1-8-3(9)4(5,6)2-7/h1H3,(H,8,9). The van der Waals surface area contributed by atoms with E-state index in [0.29, 0.717) is 0 Å². The Kier molecular flexibility index (Phi) is 3.15. The van der Waals surface area contributed by atoms with Gasteiger partial charge in [0.2, 0.25) is 3.23 Å². The first-order valence-corrected chi connectivity index (χ1v) is 3.64. The maximum atomic E-state index is 10.6. The van der Waals surface area contributed by atoms with Crippen molar-refractivity contribution < 1.29 is 4.79 Å². The molecule has 0 aliphatic rings. The van der Waals surface area contributed by atoms with E-state index in [1.807, 2.05) is 0 Å². The normalized spacial score (nSPS) is 10.0. The first kappa shape index (κ1) is 8.92. The van der Waals surface area contributed by atoms with E-state index in [1.54, 1.807) is 6.07 Å². The molecule has 0 spiro atoms. The van der Waals surface area contributed by atoms with E-state index in [0.717, 1.165) is 0 Å². The Labute approximate surface area is 69.7 Å². The van der Waals surface area contributed by atoms with E-state index in [1.165, 1.54) is 7.05 Å². The number of nitrogens with zero attached hydrogens (tertiary/aromatic N) is 1. The molecular weight excluding hydrogens is 252 g/mol. The molecule has 0 aliphatic heterocycles. The van der Waals surface area contributed by atoms with Gasteiger partial charge < -0.3 is 5.32 Å². The lowest BCUT2D eigenvalue weighted by molar-refractivity contribution is -0.119. The first-order chi connectivity index (χ1) is 4.04. The van der Waals surface area contributed by atoms with Gasteiger partial charge in [0.25, 0.3) is 5.91 Å². The fraction of sp³-hybridized carbons (Fsp3) is 0.500. The van der Waals surface area contributed by atoms with Gasteiger partial charge in [0.05, 0.1) is 0 Å². The number of hydrogen-bond donors (Lipinski definition) is 1. The van der Waals surface area contributed by atoms with E-state index in [4.69, 9.17) is 5.26 Å². The maximum Gasteiger partial charge on any atom is 0.262 e. The van der Waals surface area contributed by atoms with Gasteiger partial charge in [-0.3, -0.25) is 4.79 Å². The van der Waals surface area contributed by atoms with Crippen LogP contribution in [0.15, 0.2) is 0 Å². The summed E-state index contributed by atoms with van der Waals surface area (Å²) in [6, 6.07) is 1.71. The molecule has 0 bridgehead atoms. The van der Waals surface area contributed by atoms with Crippen LogP contribution in [0.25, 0.3) is 0 Å². The van der Waals surface area contributed by atoms with Crippen molar-refractivity contribution in [2.24, 2.45) is 0 Å². The molecule has 0 fully saturated rings. The highest BCUT2D eigenvalue weighted by atomic mass is 79.9. The second-order valence-corrected chi connectivity index (χ2v) is 4.71. The van der Waals surface area contributed by atoms with E-state index >= 15 is 0 Å². The smallest absolute Gasteiger partial charge is 0.262 e. The van der Waals surface area contributed by atoms with Crippen LogP contribution in [-0.2, 0) is 4.79 Å². The molecule has 1 amide bonds. The lowest BCUT2D eigenvalue weighted by Crippen LogP contribution is -2.33. The second kappa shape index (κ2) is 3.18. The second-order valence-electron chi connectivity index (χ2n) is 1.27. The van der Waals surface area contributed by atoms with Crippen molar-refractivity contribution in [3.05, 3.63) is 0 Å². The molecule has 0 aromatic rings. The predicted octanol–water partition coefficient (Wildman–Crippen LogP) is 0.742. The number of amides is 1. The van der Waals surface area contributed by atoms with E-state index < -0.39 is 9.14 Å². The molecule has 0 unspecified atom stereocenters. The molecule has 0 aliphatic carbocycles. The number of alkyl halides is 2. The summed E-state index contributed by atoms with van der Waals surface area (Å²) in [7, 11) is 1.46. The van der Waals surface area contributed by atoms with Crippen LogP contribution in [0.5, 0.6) is 0 Å². The minimum Gasteiger partial charge on any atom is -0.356 e. The average Bonchev–Trinajstić information content (AvgIpc) is 1.86. The zero-order chi connectivity index (χ0) is 7.49. The van der Waals surface area contributed by atoms with Crippen molar-refractivity contribution in [1.29, 1.82) is 5.26 Å². The Morgan fingerprint density at radius 3 is 2.33 bits per heavy atom. The lowest BCUT2D eigenvalue weighted by Gasteiger charge is -2.06. The van der Waals surface area contributed by atoms with E-state index in [2.05, 4.69) is 37.2 Å². The molecule has 0 aromatic carbocycles. The molecule has 3 nitrogen and oxygen atoms in total. The third-order valence-electron chi connectivity index (χ3n) is 0.653. The minimum atomic E-state index is -1.27. The number of nitrogens with one attached hydrogen (secondary N) is 1. The summed E-state index contributed by atoms with van der Waals surface area (Å²) in [5.41, 5.74) is 0. The van der Waals surface area contributed by atoms with Gasteiger partial charge >= 0.3 is 0 Å². The van der Waals surface area contributed by atoms with Gasteiger partial charge in [-0.25, -0.2) is 0 Å². The van der Waals surface area contributed by atoms with E-state index in [-0.39, 0.29) is 0 Å². The van der Waals surface area contributed by atoms with Crippen molar-refractivity contribution in [1.82, 2.24) is 5.32 Å². The monoisotopic (exact) mass is 254 g/mol. The summed E-state index contributed by atoms with van der Waals surface area (Å²) in [6.45, 7) is 0. The fourth-order valence-corrected chi connectivity index (χ4v) is 0.604. The molecule has 0 atom stereocenters. The topological polar surface area (TPSA) is 52.9 Å². The van der Waals surface area contributed by atoms with Crippen molar-refractivity contribution in [3.63, 3.8) is 0 Å². The van der Waals surface area contributed by atoms with Crippen LogP contribution in [-0.4, -0.2) is 16.2 Å². The first-order valence-electron chi connectivity index (χ1n) is 2.06. The molecule has 0 rings (SSSR count). The summed E-state index contributed by atoms with van der Waals surface area (Å²) < 4.78 is -1.27. The van der Waals surface area contributed by atoms with Crippen LogP contribution >= 0.6 is 31.9 Å². The molecular formula is C4H4Br2N2O. The fourth-order valence-electron chi connectivity index (χ4n) is 0.208. The highest BCUT2D eigenvalue weighted by Crippen LogP contribution is 2.24. The van der Waals surface area contributed by atoms with E-state index in [9.17, 15) is 4.79 Å². The molecule has 0 saturated carbocycles. The highest BCUT2D eigenvalue weighted by Gasteiger charge is 2.30. The van der Waals surface area contributed by atoms with Crippen molar-refractivity contribution in [2.75, 3.05) is 7.05 Å². The van der Waals surface area contributed by atoms with Gasteiger partial charge in [-0.1, -0.05) is 0 Å². The van der Waals surface area contributed by atoms with Crippen LogP contribution < -0.4 is 5.32 Å². The quantitative estimate of drug-likeness (QED) is 0.703. The Balaban J connectivity index is 4.19. The van der Waals surface area contributed by atoms with Crippen LogP contribution in [0, 0.1) is 11.3 Å². The molecule has 0 aromatic heterocycles. The third kappa shape index (κ3) is 2.33. The Morgan fingerprint density at radius 1 is 1.78 bits per heavy atom. The zero-order valence-corrected chi connectivity index (χ0v) is 7.78. The summed E-state index contributed by atoms with van der Waals surface area (Å²) in [4.78, 5) is 10.6. The Morgan fingerprint density at radius 2 is 2.22 bits per heavy atom. The minimum absolute atomic E-state index is 0.412. The molecule has 1 N–H and O–H groups in total. The molecule has 9 heavy (non-hydrogen) atoms. The molecule has 0 heterocycles. The van der Waals surface area contributed by atoms with Crippen LogP contribution in [0.2, 0.25) is 0 Å². The van der Waals surface area contributed by atoms with Crippen LogP contribution in [0.1, 0.15) is 0 Å².